The fourth-order valence-corrected chi connectivity index (χ4v) is 3.37. The number of nitrogens with one attached hydrogen (secondary N) is 1. The van der Waals surface area contributed by atoms with Crippen molar-refractivity contribution in [2.75, 3.05) is 27.2 Å². The zero-order valence-electron chi connectivity index (χ0n) is 14.9. The lowest BCUT2D eigenvalue weighted by Gasteiger charge is -2.25. The number of amides is 1. The van der Waals surface area contributed by atoms with Gasteiger partial charge in [0.1, 0.15) is 6.04 Å². The van der Waals surface area contributed by atoms with Crippen molar-refractivity contribution in [2.24, 2.45) is 5.92 Å². The van der Waals surface area contributed by atoms with E-state index in [0.717, 1.165) is 25.1 Å². The van der Waals surface area contributed by atoms with Crippen LogP contribution in [0.5, 0.6) is 0 Å². The Morgan fingerprint density at radius 2 is 1.76 bits per heavy atom. The predicted octanol–water partition coefficient (Wildman–Crippen LogP) is 3.18. The van der Waals surface area contributed by atoms with E-state index < -0.39 is 0 Å². The monoisotopic (exact) mass is 338 g/mol. The third-order valence-electron chi connectivity index (χ3n) is 4.75. The minimum absolute atomic E-state index is 0.0707. The Balaban J connectivity index is 1.71. The van der Waals surface area contributed by atoms with Gasteiger partial charge in [-0.2, -0.15) is 0 Å². The van der Waals surface area contributed by atoms with Gasteiger partial charge in [-0.15, -0.1) is 0 Å². The van der Waals surface area contributed by atoms with Crippen LogP contribution < -0.4 is 5.32 Å². The van der Waals surface area contributed by atoms with Crippen LogP contribution in [-0.2, 0) is 9.53 Å². The SMILES string of the molecule is CN(C)C(=O)[C@@H](NC[C@H]1CCO[C@@H]1c1ccccc1)c1ccccc1. The number of carbonyl (C=O) groups excluding carboxylic acids is 1. The van der Waals surface area contributed by atoms with E-state index in [0.29, 0.717) is 5.92 Å². The molecule has 0 spiro atoms. The molecular formula is C21H26N2O2. The first-order valence-electron chi connectivity index (χ1n) is 8.83. The van der Waals surface area contributed by atoms with Crippen molar-refractivity contribution >= 4 is 5.91 Å². The van der Waals surface area contributed by atoms with E-state index >= 15 is 0 Å². The van der Waals surface area contributed by atoms with Gasteiger partial charge in [0, 0.05) is 33.2 Å². The lowest BCUT2D eigenvalue weighted by molar-refractivity contribution is -0.131. The first-order chi connectivity index (χ1) is 12.2. The molecule has 0 unspecified atom stereocenters. The number of carbonyl (C=O) groups is 1. The van der Waals surface area contributed by atoms with Crippen LogP contribution in [-0.4, -0.2) is 38.1 Å². The molecule has 0 radical (unpaired) electrons. The van der Waals surface area contributed by atoms with Crippen LogP contribution in [0.3, 0.4) is 0 Å². The second kappa shape index (κ2) is 8.28. The van der Waals surface area contributed by atoms with E-state index in [9.17, 15) is 4.79 Å². The summed E-state index contributed by atoms with van der Waals surface area (Å²) in [5, 5.41) is 3.49. The fraction of sp³-hybridized carbons (Fsp3) is 0.381. The largest absolute Gasteiger partial charge is 0.373 e. The lowest BCUT2D eigenvalue weighted by Crippen LogP contribution is -2.39. The molecule has 0 aliphatic carbocycles. The quantitative estimate of drug-likeness (QED) is 0.879. The highest BCUT2D eigenvalue weighted by Crippen LogP contribution is 2.34. The second-order valence-corrected chi connectivity index (χ2v) is 6.74. The van der Waals surface area contributed by atoms with Gasteiger partial charge in [0.05, 0.1) is 6.10 Å². The zero-order chi connectivity index (χ0) is 17.6. The second-order valence-electron chi connectivity index (χ2n) is 6.74. The van der Waals surface area contributed by atoms with Gasteiger partial charge < -0.3 is 15.0 Å². The Hall–Kier alpha value is -2.17. The highest BCUT2D eigenvalue weighted by Gasteiger charge is 2.31. The van der Waals surface area contributed by atoms with E-state index in [1.54, 1.807) is 19.0 Å². The van der Waals surface area contributed by atoms with Crippen molar-refractivity contribution in [3.8, 4) is 0 Å². The zero-order valence-corrected chi connectivity index (χ0v) is 14.9. The highest BCUT2D eigenvalue weighted by atomic mass is 16.5. The minimum Gasteiger partial charge on any atom is -0.373 e. The molecule has 1 aliphatic heterocycles. The van der Waals surface area contributed by atoms with Crippen LogP contribution in [0.2, 0.25) is 0 Å². The maximum absolute atomic E-state index is 12.6. The normalized spacial score (nSPS) is 21.0. The maximum atomic E-state index is 12.6. The van der Waals surface area contributed by atoms with Crippen LogP contribution in [0.1, 0.15) is 29.7 Å². The number of ether oxygens (including phenoxy) is 1. The van der Waals surface area contributed by atoms with Crippen LogP contribution in [0.25, 0.3) is 0 Å². The van der Waals surface area contributed by atoms with Gasteiger partial charge in [-0.05, 0) is 17.5 Å². The standard InChI is InChI=1S/C21H26N2O2/c1-23(2)21(24)19(16-9-5-3-6-10-16)22-15-18-13-14-25-20(18)17-11-7-4-8-12-17/h3-12,18-20,22H,13-15H2,1-2H3/t18-,19+,20-/m1/s1. The molecule has 0 saturated carbocycles. The molecule has 4 nitrogen and oxygen atoms in total. The van der Waals surface area contributed by atoms with Crippen LogP contribution in [0.15, 0.2) is 60.7 Å². The Bertz CT molecular complexity index is 673. The molecule has 25 heavy (non-hydrogen) atoms. The average Bonchev–Trinajstić information content (AvgIpc) is 3.12. The Morgan fingerprint density at radius 1 is 1.12 bits per heavy atom. The minimum atomic E-state index is -0.326. The van der Waals surface area contributed by atoms with Crippen molar-refractivity contribution in [1.29, 1.82) is 0 Å². The predicted molar refractivity (Wildman–Crippen MR) is 99.1 cm³/mol. The van der Waals surface area contributed by atoms with Gasteiger partial charge in [0.2, 0.25) is 5.91 Å². The third kappa shape index (κ3) is 4.27. The summed E-state index contributed by atoms with van der Waals surface area (Å²) in [6.45, 7) is 1.52. The maximum Gasteiger partial charge on any atom is 0.243 e. The first-order valence-corrected chi connectivity index (χ1v) is 8.83. The van der Waals surface area contributed by atoms with Crippen LogP contribution in [0.4, 0.5) is 0 Å². The molecule has 2 aromatic rings. The van der Waals surface area contributed by atoms with Crippen LogP contribution in [0, 0.1) is 5.92 Å². The number of likely N-dealkylation sites (N-methyl/N-ethyl adjacent to an activating group) is 1. The van der Waals surface area contributed by atoms with Crippen molar-refractivity contribution in [3.05, 3.63) is 71.8 Å². The van der Waals surface area contributed by atoms with Gasteiger partial charge in [-0.25, -0.2) is 0 Å². The molecule has 3 rings (SSSR count). The summed E-state index contributed by atoms with van der Waals surface area (Å²) in [4.78, 5) is 14.3. The number of rotatable bonds is 6. The molecule has 3 atom stereocenters. The summed E-state index contributed by atoms with van der Waals surface area (Å²) < 4.78 is 5.96. The lowest BCUT2D eigenvalue weighted by atomic mass is 9.94. The molecule has 4 heteroatoms. The van der Waals surface area contributed by atoms with Crippen molar-refractivity contribution in [2.45, 2.75) is 18.6 Å². The van der Waals surface area contributed by atoms with Gasteiger partial charge in [-0.3, -0.25) is 4.79 Å². The molecule has 1 N–H and O–H groups in total. The Kier molecular flexibility index (Phi) is 5.84. The molecule has 132 valence electrons. The molecule has 1 aliphatic rings. The number of nitrogens with zero attached hydrogens (tertiary/aromatic N) is 1. The fourth-order valence-electron chi connectivity index (χ4n) is 3.37. The van der Waals surface area contributed by atoms with Gasteiger partial charge in [-0.1, -0.05) is 60.7 Å². The van der Waals surface area contributed by atoms with E-state index in [1.165, 1.54) is 5.56 Å². The molecule has 1 fully saturated rings. The van der Waals surface area contributed by atoms with E-state index in [1.807, 2.05) is 48.5 Å². The van der Waals surface area contributed by atoms with Crippen molar-refractivity contribution < 1.29 is 9.53 Å². The summed E-state index contributed by atoms with van der Waals surface area (Å²) >= 11 is 0. The molecule has 0 bridgehead atoms. The first kappa shape index (κ1) is 17.6. The summed E-state index contributed by atoms with van der Waals surface area (Å²) in [7, 11) is 3.59. The van der Waals surface area contributed by atoms with E-state index in [4.69, 9.17) is 4.74 Å². The summed E-state index contributed by atoms with van der Waals surface area (Å²) in [6, 6.07) is 19.9. The molecule has 2 aromatic carbocycles. The number of hydrogen-bond acceptors (Lipinski definition) is 3. The molecule has 0 aromatic heterocycles. The van der Waals surface area contributed by atoms with E-state index in [2.05, 4.69) is 17.4 Å². The van der Waals surface area contributed by atoms with Gasteiger partial charge in [0.25, 0.3) is 0 Å². The Labute approximate surface area is 149 Å². The molecule has 1 heterocycles. The van der Waals surface area contributed by atoms with Crippen molar-refractivity contribution in [1.82, 2.24) is 10.2 Å². The van der Waals surface area contributed by atoms with Crippen LogP contribution >= 0.6 is 0 Å². The molecule has 1 saturated heterocycles. The van der Waals surface area contributed by atoms with Gasteiger partial charge in [0.15, 0.2) is 0 Å². The highest BCUT2D eigenvalue weighted by molar-refractivity contribution is 5.82. The summed E-state index contributed by atoms with van der Waals surface area (Å²) in [6.07, 6.45) is 1.10. The van der Waals surface area contributed by atoms with E-state index in [-0.39, 0.29) is 18.1 Å². The van der Waals surface area contributed by atoms with Crippen molar-refractivity contribution in [3.63, 3.8) is 0 Å². The molecule has 1 amide bonds. The third-order valence-corrected chi connectivity index (χ3v) is 4.75. The average molecular weight is 338 g/mol. The van der Waals surface area contributed by atoms with Gasteiger partial charge >= 0.3 is 0 Å². The molecular weight excluding hydrogens is 312 g/mol. The topological polar surface area (TPSA) is 41.6 Å². The Morgan fingerprint density at radius 3 is 2.40 bits per heavy atom. The smallest absolute Gasteiger partial charge is 0.243 e. The number of hydrogen-bond donors (Lipinski definition) is 1. The summed E-state index contributed by atoms with van der Waals surface area (Å²) in [5.41, 5.74) is 2.21. The number of benzene rings is 2. The summed E-state index contributed by atoms with van der Waals surface area (Å²) in [5.74, 6) is 0.435.